The minimum absolute atomic E-state index is 0.0146. The Morgan fingerprint density at radius 3 is 2.56 bits per heavy atom. The number of rotatable bonds is 4. The van der Waals surface area contributed by atoms with E-state index in [4.69, 9.17) is 0 Å². The van der Waals surface area contributed by atoms with Crippen molar-refractivity contribution in [1.82, 2.24) is 15.1 Å². The van der Waals surface area contributed by atoms with Gasteiger partial charge in [-0.15, -0.1) is 0 Å². The summed E-state index contributed by atoms with van der Waals surface area (Å²) in [6.45, 7) is 5.46. The van der Waals surface area contributed by atoms with Gasteiger partial charge in [-0.2, -0.15) is 5.10 Å². The number of carbonyl (C=O) groups is 1. The highest BCUT2D eigenvalue weighted by Gasteiger charge is 2.15. The molecule has 1 aromatic rings. The molecule has 1 atom stereocenters. The van der Waals surface area contributed by atoms with E-state index in [1.54, 1.807) is 14.0 Å². The fraction of sp³-hybridized carbons (Fsp3) is 0.545. The summed E-state index contributed by atoms with van der Waals surface area (Å²) in [6.07, 6.45) is 1.53. The highest BCUT2D eigenvalue weighted by Crippen LogP contribution is 2.18. The van der Waals surface area contributed by atoms with Crippen LogP contribution in [0.25, 0.3) is 0 Å². The molecule has 0 aliphatic heterocycles. The fourth-order valence-corrected chi connectivity index (χ4v) is 1.83. The van der Waals surface area contributed by atoms with Crippen molar-refractivity contribution in [3.63, 3.8) is 0 Å². The van der Waals surface area contributed by atoms with Crippen molar-refractivity contribution in [2.45, 2.75) is 32.9 Å². The van der Waals surface area contributed by atoms with Crippen molar-refractivity contribution < 1.29 is 4.79 Å². The van der Waals surface area contributed by atoms with Crippen LogP contribution in [0.5, 0.6) is 0 Å². The molecule has 7 heteroatoms. The summed E-state index contributed by atoms with van der Waals surface area (Å²) >= 11 is 3.23. The van der Waals surface area contributed by atoms with E-state index in [0.717, 1.165) is 0 Å². The van der Waals surface area contributed by atoms with Crippen LogP contribution in [0.3, 0.4) is 0 Å². The Labute approximate surface area is 114 Å². The Bertz CT molecular complexity index is 498. The van der Waals surface area contributed by atoms with Gasteiger partial charge >= 0.3 is 0 Å². The maximum absolute atomic E-state index is 12.0. The monoisotopic (exact) mass is 316 g/mol. The van der Waals surface area contributed by atoms with E-state index in [2.05, 4.69) is 31.7 Å². The summed E-state index contributed by atoms with van der Waals surface area (Å²) in [5.74, 6) is -0.157. The first-order valence-electron chi connectivity index (χ1n) is 5.64. The van der Waals surface area contributed by atoms with Crippen LogP contribution >= 0.6 is 15.9 Å². The van der Waals surface area contributed by atoms with Gasteiger partial charge in [-0.05, 0) is 36.7 Å². The molecule has 0 bridgehead atoms. The van der Waals surface area contributed by atoms with Crippen LogP contribution in [0.15, 0.2) is 15.5 Å². The number of halogens is 1. The van der Waals surface area contributed by atoms with Gasteiger partial charge in [0.2, 0.25) is 5.91 Å². The van der Waals surface area contributed by atoms with Crippen LogP contribution < -0.4 is 16.2 Å². The standard InChI is InChI=1S/C11H17BrN4O2/c1-6(2)16-11(18)9(12)8(5-14-16)15-7(3)10(17)13-4/h5-7,15H,1-4H3,(H,13,17). The second-order valence-corrected chi connectivity index (χ2v) is 4.99. The molecular formula is C11H17BrN4O2. The fourth-order valence-electron chi connectivity index (χ4n) is 1.43. The Morgan fingerprint density at radius 2 is 2.06 bits per heavy atom. The smallest absolute Gasteiger partial charge is 0.283 e. The first-order chi connectivity index (χ1) is 8.38. The molecule has 0 spiro atoms. The van der Waals surface area contributed by atoms with Gasteiger partial charge in [0.05, 0.1) is 17.9 Å². The van der Waals surface area contributed by atoms with Crippen LogP contribution in [0.2, 0.25) is 0 Å². The molecule has 100 valence electrons. The normalized spacial score (nSPS) is 12.3. The Morgan fingerprint density at radius 1 is 1.44 bits per heavy atom. The number of nitrogens with zero attached hydrogens (tertiary/aromatic N) is 2. The topological polar surface area (TPSA) is 76.0 Å². The van der Waals surface area contributed by atoms with Crippen molar-refractivity contribution >= 4 is 27.5 Å². The van der Waals surface area contributed by atoms with Gasteiger partial charge in [0.15, 0.2) is 0 Å². The number of aromatic nitrogens is 2. The second kappa shape index (κ2) is 5.99. The highest BCUT2D eigenvalue weighted by atomic mass is 79.9. The molecule has 1 heterocycles. The van der Waals surface area contributed by atoms with Gasteiger partial charge in [-0.25, -0.2) is 4.68 Å². The lowest BCUT2D eigenvalue weighted by Crippen LogP contribution is -2.36. The first kappa shape index (κ1) is 14.7. The molecule has 0 aliphatic carbocycles. The maximum Gasteiger partial charge on any atom is 0.283 e. The average molecular weight is 317 g/mol. The molecule has 1 unspecified atom stereocenters. The lowest BCUT2D eigenvalue weighted by molar-refractivity contribution is -0.121. The van der Waals surface area contributed by atoms with Crippen molar-refractivity contribution in [3.05, 3.63) is 21.0 Å². The number of carbonyl (C=O) groups excluding carboxylic acids is 1. The summed E-state index contributed by atoms with van der Waals surface area (Å²) in [4.78, 5) is 23.4. The van der Waals surface area contributed by atoms with Gasteiger partial charge in [-0.3, -0.25) is 9.59 Å². The van der Waals surface area contributed by atoms with Crippen LogP contribution in [0.4, 0.5) is 5.69 Å². The molecule has 6 nitrogen and oxygen atoms in total. The number of anilines is 1. The summed E-state index contributed by atoms with van der Waals surface area (Å²) in [7, 11) is 1.56. The van der Waals surface area contributed by atoms with Crippen LogP contribution in [-0.4, -0.2) is 28.8 Å². The van der Waals surface area contributed by atoms with Crippen LogP contribution in [0, 0.1) is 0 Å². The van der Waals surface area contributed by atoms with Crippen molar-refractivity contribution in [2.75, 3.05) is 12.4 Å². The van der Waals surface area contributed by atoms with Gasteiger partial charge in [0.25, 0.3) is 5.56 Å². The molecule has 1 aromatic heterocycles. The molecule has 0 aromatic carbocycles. The highest BCUT2D eigenvalue weighted by molar-refractivity contribution is 9.10. The lowest BCUT2D eigenvalue weighted by Gasteiger charge is -2.16. The van der Waals surface area contributed by atoms with Gasteiger partial charge < -0.3 is 10.6 Å². The lowest BCUT2D eigenvalue weighted by atomic mass is 10.3. The number of likely N-dealkylation sites (N-methyl/N-ethyl adjacent to an activating group) is 1. The molecule has 0 saturated carbocycles. The largest absolute Gasteiger partial charge is 0.372 e. The van der Waals surface area contributed by atoms with Gasteiger partial charge in [0.1, 0.15) is 10.5 Å². The second-order valence-electron chi connectivity index (χ2n) is 4.20. The number of nitrogens with one attached hydrogen (secondary N) is 2. The van der Waals surface area contributed by atoms with E-state index in [1.807, 2.05) is 13.8 Å². The van der Waals surface area contributed by atoms with Crippen molar-refractivity contribution in [3.8, 4) is 0 Å². The summed E-state index contributed by atoms with van der Waals surface area (Å²) in [5.41, 5.74) is 0.284. The summed E-state index contributed by atoms with van der Waals surface area (Å²) < 4.78 is 1.75. The van der Waals surface area contributed by atoms with Crippen molar-refractivity contribution in [1.29, 1.82) is 0 Å². The minimum atomic E-state index is -0.442. The molecule has 0 saturated heterocycles. The van der Waals surface area contributed by atoms with Crippen LogP contribution in [0.1, 0.15) is 26.8 Å². The van der Waals surface area contributed by atoms with E-state index >= 15 is 0 Å². The van der Waals surface area contributed by atoms with Gasteiger partial charge in [0, 0.05) is 7.05 Å². The van der Waals surface area contributed by atoms with E-state index in [0.29, 0.717) is 10.2 Å². The summed E-state index contributed by atoms with van der Waals surface area (Å²) in [6, 6.07) is -0.457. The zero-order chi connectivity index (χ0) is 13.9. The van der Waals surface area contributed by atoms with Gasteiger partial charge in [-0.1, -0.05) is 0 Å². The third kappa shape index (κ3) is 3.10. The molecule has 1 rings (SSSR count). The molecule has 2 N–H and O–H groups in total. The Kier molecular flexibility index (Phi) is 4.89. The third-order valence-electron chi connectivity index (χ3n) is 2.44. The minimum Gasteiger partial charge on any atom is -0.372 e. The molecule has 1 amide bonds. The Hall–Kier alpha value is -1.37. The van der Waals surface area contributed by atoms with Crippen LogP contribution in [-0.2, 0) is 4.79 Å². The molecule has 0 aliphatic rings. The van der Waals surface area contributed by atoms with E-state index in [9.17, 15) is 9.59 Å². The Balaban J connectivity index is 3.03. The zero-order valence-electron chi connectivity index (χ0n) is 10.8. The maximum atomic E-state index is 12.0. The number of hydrogen-bond donors (Lipinski definition) is 2. The molecule has 18 heavy (non-hydrogen) atoms. The molecule has 0 fully saturated rings. The summed E-state index contributed by atoms with van der Waals surface area (Å²) in [5, 5.41) is 9.52. The number of amides is 1. The number of hydrogen-bond acceptors (Lipinski definition) is 4. The molecule has 0 radical (unpaired) electrons. The zero-order valence-corrected chi connectivity index (χ0v) is 12.4. The van der Waals surface area contributed by atoms with E-state index in [1.165, 1.54) is 10.9 Å². The average Bonchev–Trinajstić information content (AvgIpc) is 2.33. The third-order valence-corrected chi connectivity index (χ3v) is 3.21. The predicted octanol–water partition coefficient (Wildman–Crippen LogP) is 1.13. The first-order valence-corrected chi connectivity index (χ1v) is 6.43. The van der Waals surface area contributed by atoms with E-state index in [-0.39, 0.29) is 17.5 Å². The quantitative estimate of drug-likeness (QED) is 0.873. The van der Waals surface area contributed by atoms with E-state index < -0.39 is 6.04 Å². The molecular weight excluding hydrogens is 300 g/mol. The SMILES string of the molecule is CNC(=O)C(C)Nc1cnn(C(C)C)c(=O)c1Br. The van der Waals surface area contributed by atoms with Crippen molar-refractivity contribution in [2.24, 2.45) is 0 Å². The predicted molar refractivity (Wildman–Crippen MR) is 73.7 cm³/mol.